The van der Waals surface area contributed by atoms with E-state index in [0.717, 1.165) is 29.6 Å². The van der Waals surface area contributed by atoms with Gasteiger partial charge in [0, 0.05) is 36.7 Å². The highest BCUT2D eigenvalue weighted by molar-refractivity contribution is 7.92. The first-order chi connectivity index (χ1) is 14.6. The lowest BCUT2D eigenvalue weighted by Crippen LogP contribution is -2.17. The normalized spacial score (nSPS) is 14.3. The van der Waals surface area contributed by atoms with Crippen LogP contribution in [0.2, 0.25) is 0 Å². The van der Waals surface area contributed by atoms with Gasteiger partial charge in [-0.05, 0) is 48.7 Å². The molecule has 1 fully saturated rings. The van der Waals surface area contributed by atoms with E-state index in [1.54, 1.807) is 42.6 Å². The van der Waals surface area contributed by atoms with Gasteiger partial charge in [0.2, 0.25) is 0 Å². The van der Waals surface area contributed by atoms with Crippen molar-refractivity contribution in [2.45, 2.75) is 17.7 Å². The first-order valence-corrected chi connectivity index (χ1v) is 11.5. The molecule has 0 bridgehead atoms. The van der Waals surface area contributed by atoms with Crippen molar-refractivity contribution in [3.8, 4) is 11.1 Å². The highest BCUT2D eigenvalue weighted by atomic mass is 32.2. The number of fused-ring (bicyclic) bond motifs is 1. The van der Waals surface area contributed by atoms with Crippen molar-refractivity contribution in [2.24, 2.45) is 0 Å². The maximum absolute atomic E-state index is 12.9. The molecule has 1 aliphatic heterocycles. The van der Waals surface area contributed by atoms with E-state index in [4.69, 9.17) is 0 Å². The van der Waals surface area contributed by atoms with Gasteiger partial charge in [-0.15, -0.1) is 0 Å². The molecule has 0 unspecified atom stereocenters. The number of H-pyrrole nitrogens is 1. The molecule has 2 N–H and O–H groups in total. The molecule has 0 aliphatic carbocycles. The highest BCUT2D eigenvalue weighted by Gasteiger charge is 2.19. The van der Waals surface area contributed by atoms with Gasteiger partial charge < -0.3 is 9.88 Å². The van der Waals surface area contributed by atoms with E-state index in [0.29, 0.717) is 11.3 Å². The predicted molar refractivity (Wildman–Crippen MR) is 120 cm³/mol. The Morgan fingerprint density at radius 2 is 1.77 bits per heavy atom. The molecule has 0 radical (unpaired) electrons. The van der Waals surface area contributed by atoms with Crippen LogP contribution in [0.4, 0.5) is 11.4 Å². The second kappa shape index (κ2) is 7.50. The standard InChI is InChI=1S/C23H22N4O2S/c28-30(29,19-9-2-1-3-10-19)26-21-11-12-24-23-22(21)20(16-25-23)17-7-6-8-18(15-17)27-13-4-5-14-27/h1-3,6-12,15-16H,4-5,13-14H2,(H2,24,25,26). The van der Waals surface area contributed by atoms with E-state index < -0.39 is 10.0 Å². The van der Waals surface area contributed by atoms with E-state index in [9.17, 15) is 8.42 Å². The Kier molecular flexibility index (Phi) is 4.67. The Balaban J connectivity index is 1.58. The minimum Gasteiger partial charge on any atom is -0.372 e. The summed E-state index contributed by atoms with van der Waals surface area (Å²) in [7, 11) is -3.70. The van der Waals surface area contributed by atoms with Crippen molar-refractivity contribution in [1.29, 1.82) is 0 Å². The highest BCUT2D eigenvalue weighted by Crippen LogP contribution is 2.35. The van der Waals surface area contributed by atoms with Crippen molar-refractivity contribution < 1.29 is 8.42 Å². The third kappa shape index (κ3) is 3.41. The molecule has 5 rings (SSSR count). The summed E-state index contributed by atoms with van der Waals surface area (Å²) in [4.78, 5) is 10.2. The lowest BCUT2D eigenvalue weighted by Gasteiger charge is -2.18. The lowest BCUT2D eigenvalue weighted by molar-refractivity contribution is 0.601. The Hall–Kier alpha value is -3.32. The Bertz CT molecular complexity index is 1290. The monoisotopic (exact) mass is 418 g/mol. The number of hydrogen-bond acceptors (Lipinski definition) is 4. The van der Waals surface area contributed by atoms with Gasteiger partial charge in [-0.1, -0.05) is 30.3 Å². The summed E-state index contributed by atoms with van der Waals surface area (Å²) in [5.74, 6) is 0. The number of nitrogens with zero attached hydrogens (tertiary/aromatic N) is 2. The Morgan fingerprint density at radius 3 is 2.57 bits per heavy atom. The van der Waals surface area contributed by atoms with Gasteiger partial charge in [-0.2, -0.15) is 0 Å². The fourth-order valence-electron chi connectivity index (χ4n) is 4.02. The van der Waals surface area contributed by atoms with Gasteiger partial charge in [-0.25, -0.2) is 13.4 Å². The quantitative estimate of drug-likeness (QED) is 0.495. The predicted octanol–water partition coefficient (Wildman–Crippen LogP) is 4.63. The van der Waals surface area contributed by atoms with E-state index >= 15 is 0 Å². The van der Waals surface area contributed by atoms with Crippen LogP contribution >= 0.6 is 0 Å². The fraction of sp³-hybridized carbons (Fsp3) is 0.174. The third-order valence-corrected chi connectivity index (χ3v) is 6.88. The largest absolute Gasteiger partial charge is 0.372 e. The smallest absolute Gasteiger partial charge is 0.261 e. The number of rotatable bonds is 5. The third-order valence-electron chi connectivity index (χ3n) is 5.50. The summed E-state index contributed by atoms with van der Waals surface area (Å²) in [5.41, 5.74) is 4.29. The van der Waals surface area contributed by atoms with Gasteiger partial charge in [-0.3, -0.25) is 4.72 Å². The van der Waals surface area contributed by atoms with E-state index in [1.165, 1.54) is 18.5 Å². The molecule has 2 aromatic carbocycles. The van der Waals surface area contributed by atoms with Gasteiger partial charge in [0.25, 0.3) is 10.0 Å². The van der Waals surface area contributed by atoms with Crippen molar-refractivity contribution in [3.63, 3.8) is 0 Å². The average molecular weight is 419 g/mol. The van der Waals surface area contributed by atoms with Crippen LogP contribution in [0.1, 0.15) is 12.8 Å². The number of aromatic nitrogens is 2. The van der Waals surface area contributed by atoms with Crippen LogP contribution < -0.4 is 9.62 Å². The molecule has 3 heterocycles. The summed E-state index contributed by atoms with van der Waals surface area (Å²) in [6.45, 7) is 2.14. The zero-order chi connectivity index (χ0) is 20.6. The van der Waals surface area contributed by atoms with Gasteiger partial charge >= 0.3 is 0 Å². The molecule has 152 valence electrons. The maximum atomic E-state index is 12.9. The molecule has 1 saturated heterocycles. The fourth-order valence-corrected chi connectivity index (χ4v) is 5.11. The molecular weight excluding hydrogens is 396 g/mol. The molecule has 1 aliphatic rings. The van der Waals surface area contributed by atoms with Crippen LogP contribution in [0.3, 0.4) is 0 Å². The topological polar surface area (TPSA) is 78.1 Å². The Labute approximate surface area is 175 Å². The molecule has 0 saturated carbocycles. The van der Waals surface area contributed by atoms with Crippen LogP contribution in [0, 0.1) is 0 Å². The van der Waals surface area contributed by atoms with Gasteiger partial charge in [0.05, 0.1) is 16.0 Å². The zero-order valence-corrected chi connectivity index (χ0v) is 17.2. The van der Waals surface area contributed by atoms with Crippen LogP contribution in [0.15, 0.2) is 78.0 Å². The second-order valence-electron chi connectivity index (χ2n) is 7.45. The van der Waals surface area contributed by atoms with E-state index in [-0.39, 0.29) is 4.90 Å². The number of benzene rings is 2. The summed E-state index contributed by atoms with van der Waals surface area (Å²) < 4.78 is 28.5. The molecule has 2 aromatic heterocycles. The Morgan fingerprint density at radius 1 is 0.967 bits per heavy atom. The molecule has 0 amide bonds. The van der Waals surface area contributed by atoms with Crippen molar-refractivity contribution in [3.05, 3.63) is 73.1 Å². The number of aromatic amines is 1. The number of nitrogens with one attached hydrogen (secondary N) is 2. The van der Waals surface area contributed by atoms with Crippen molar-refractivity contribution >= 4 is 32.4 Å². The maximum Gasteiger partial charge on any atom is 0.261 e. The second-order valence-corrected chi connectivity index (χ2v) is 9.13. The summed E-state index contributed by atoms with van der Waals surface area (Å²) in [5, 5.41) is 0.760. The molecular formula is C23H22N4O2S. The lowest BCUT2D eigenvalue weighted by atomic mass is 10.0. The minimum absolute atomic E-state index is 0.225. The first-order valence-electron chi connectivity index (χ1n) is 10.0. The van der Waals surface area contributed by atoms with Gasteiger partial charge in [0.15, 0.2) is 0 Å². The SMILES string of the molecule is O=S(=O)(Nc1ccnc2[nH]cc(-c3cccc(N4CCCC4)c3)c12)c1ccccc1. The molecule has 6 nitrogen and oxygen atoms in total. The average Bonchev–Trinajstić information content (AvgIpc) is 3.45. The zero-order valence-electron chi connectivity index (χ0n) is 16.4. The molecule has 30 heavy (non-hydrogen) atoms. The molecule has 7 heteroatoms. The van der Waals surface area contributed by atoms with Crippen molar-refractivity contribution in [2.75, 3.05) is 22.7 Å². The van der Waals surface area contributed by atoms with Crippen molar-refractivity contribution in [1.82, 2.24) is 9.97 Å². The number of hydrogen-bond donors (Lipinski definition) is 2. The summed E-state index contributed by atoms with van der Waals surface area (Å²) in [6, 6.07) is 18.5. The molecule has 0 spiro atoms. The van der Waals surface area contributed by atoms with Crippen LogP contribution in [-0.4, -0.2) is 31.5 Å². The molecule has 4 aromatic rings. The first kappa shape index (κ1) is 18.7. The van der Waals surface area contributed by atoms with Crippen LogP contribution in [-0.2, 0) is 10.0 Å². The minimum atomic E-state index is -3.70. The van der Waals surface area contributed by atoms with E-state index in [1.807, 2.05) is 18.3 Å². The summed E-state index contributed by atoms with van der Waals surface area (Å²) in [6.07, 6.45) is 5.92. The number of anilines is 2. The van der Waals surface area contributed by atoms with Crippen LogP contribution in [0.5, 0.6) is 0 Å². The molecule has 0 atom stereocenters. The van der Waals surface area contributed by atoms with E-state index in [2.05, 4.69) is 31.7 Å². The van der Waals surface area contributed by atoms with Gasteiger partial charge in [0.1, 0.15) is 5.65 Å². The van der Waals surface area contributed by atoms with Crippen LogP contribution in [0.25, 0.3) is 22.2 Å². The summed E-state index contributed by atoms with van der Waals surface area (Å²) >= 11 is 0. The number of sulfonamides is 1. The number of pyridine rings is 1.